The molecule has 2 aromatic rings. The van der Waals surface area contributed by atoms with E-state index in [1.807, 2.05) is 24.3 Å². The van der Waals surface area contributed by atoms with E-state index < -0.39 is 0 Å². The van der Waals surface area contributed by atoms with E-state index in [-0.39, 0.29) is 0 Å². The van der Waals surface area contributed by atoms with Gasteiger partial charge in [-0.1, -0.05) is 30.3 Å². The number of aryl methyl sites for hydroxylation is 1. The predicted octanol–water partition coefficient (Wildman–Crippen LogP) is 2.28. The maximum atomic E-state index is 3.94. The van der Waals surface area contributed by atoms with Crippen molar-refractivity contribution in [2.75, 3.05) is 0 Å². The number of H-pyrrole nitrogens is 1. The Morgan fingerprint density at radius 3 is 2.79 bits per heavy atom. The highest BCUT2D eigenvalue weighted by Gasteiger charge is 1.92. The summed E-state index contributed by atoms with van der Waals surface area (Å²) in [6.45, 7) is 2.09. The van der Waals surface area contributed by atoms with Crippen LogP contribution in [0.25, 0.3) is 12.2 Å². The Morgan fingerprint density at radius 1 is 1.21 bits per heavy atom. The topological polar surface area (TPSA) is 41.6 Å². The third-order valence-electron chi connectivity index (χ3n) is 2.06. The molecule has 0 amide bonds. The molecule has 1 aromatic heterocycles. The van der Waals surface area contributed by atoms with Gasteiger partial charge >= 0.3 is 0 Å². The van der Waals surface area contributed by atoms with Crippen LogP contribution in [0.3, 0.4) is 0 Å². The van der Waals surface area contributed by atoms with E-state index in [9.17, 15) is 0 Å². The van der Waals surface area contributed by atoms with Crippen molar-refractivity contribution < 1.29 is 0 Å². The summed E-state index contributed by atoms with van der Waals surface area (Å²) in [5.41, 5.74) is 3.30. The fourth-order valence-corrected chi connectivity index (χ4v) is 1.24. The summed E-state index contributed by atoms with van der Waals surface area (Å²) in [7, 11) is 0. The summed E-state index contributed by atoms with van der Waals surface area (Å²) in [4.78, 5) is 0. The van der Waals surface area contributed by atoms with Crippen molar-refractivity contribution in [2.24, 2.45) is 0 Å². The zero-order valence-corrected chi connectivity index (χ0v) is 7.94. The largest absolute Gasteiger partial charge is 0.197 e. The van der Waals surface area contributed by atoms with Crippen LogP contribution in [0.1, 0.15) is 16.8 Å². The first-order chi connectivity index (χ1) is 6.86. The number of nitrogens with one attached hydrogen (secondary N) is 1. The number of nitrogens with zero attached hydrogens (tertiary/aromatic N) is 2. The van der Waals surface area contributed by atoms with Gasteiger partial charge in [-0.15, -0.1) is 0 Å². The van der Waals surface area contributed by atoms with Gasteiger partial charge in [0.1, 0.15) is 5.69 Å². The monoisotopic (exact) mass is 185 g/mol. The normalized spacial score (nSPS) is 10.9. The average molecular weight is 185 g/mol. The second kappa shape index (κ2) is 3.87. The molecular formula is C11H11N3. The molecule has 1 heterocycles. The van der Waals surface area contributed by atoms with Gasteiger partial charge in [0, 0.05) is 0 Å². The molecule has 1 N–H and O–H groups in total. The first-order valence-electron chi connectivity index (χ1n) is 4.46. The summed E-state index contributed by atoms with van der Waals surface area (Å²) >= 11 is 0. The number of aromatic nitrogens is 3. The minimum atomic E-state index is 0.841. The molecule has 70 valence electrons. The van der Waals surface area contributed by atoms with E-state index in [0.29, 0.717) is 0 Å². The fourth-order valence-electron chi connectivity index (χ4n) is 1.24. The molecule has 0 fully saturated rings. The highest BCUT2D eigenvalue weighted by atomic mass is 15.3. The van der Waals surface area contributed by atoms with Crippen molar-refractivity contribution in [1.82, 2.24) is 15.4 Å². The van der Waals surface area contributed by atoms with Crippen molar-refractivity contribution in [3.63, 3.8) is 0 Å². The molecule has 0 saturated heterocycles. The minimum Gasteiger partial charge on any atom is -0.197 e. The standard InChI is InChI=1S/C11H11N3/c1-9-4-2-3-5-10(9)6-7-11-8-12-14-13-11/h2-8H,1H3,(H,12,13,14). The van der Waals surface area contributed by atoms with Crippen LogP contribution < -0.4 is 0 Å². The van der Waals surface area contributed by atoms with Gasteiger partial charge in [0.2, 0.25) is 0 Å². The van der Waals surface area contributed by atoms with Crippen molar-refractivity contribution in [1.29, 1.82) is 0 Å². The van der Waals surface area contributed by atoms with Crippen LogP contribution in [0.15, 0.2) is 30.5 Å². The van der Waals surface area contributed by atoms with Crippen molar-refractivity contribution >= 4 is 12.2 Å². The lowest BCUT2D eigenvalue weighted by Gasteiger charge is -1.96. The summed E-state index contributed by atoms with van der Waals surface area (Å²) in [5, 5.41) is 10.2. The Labute approximate surface area is 82.5 Å². The molecule has 0 spiro atoms. The number of hydrogen-bond donors (Lipinski definition) is 1. The summed E-state index contributed by atoms with van der Waals surface area (Å²) in [6, 6.07) is 8.21. The molecule has 3 nitrogen and oxygen atoms in total. The van der Waals surface area contributed by atoms with Gasteiger partial charge < -0.3 is 0 Å². The number of hydrogen-bond acceptors (Lipinski definition) is 2. The second-order valence-corrected chi connectivity index (χ2v) is 3.08. The highest BCUT2D eigenvalue weighted by Crippen LogP contribution is 2.10. The molecule has 0 atom stereocenters. The Morgan fingerprint density at radius 2 is 2.07 bits per heavy atom. The highest BCUT2D eigenvalue weighted by molar-refractivity contribution is 5.69. The lowest BCUT2D eigenvalue weighted by atomic mass is 10.1. The lowest BCUT2D eigenvalue weighted by molar-refractivity contribution is 0.937. The zero-order valence-electron chi connectivity index (χ0n) is 7.94. The predicted molar refractivity (Wildman–Crippen MR) is 56.5 cm³/mol. The van der Waals surface area contributed by atoms with Gasteiger partial charge in [-0.25, -0.2) is 0 Å². The van der Waals surface area contributed by atoms with Gasteiger partial charge in [-0.2, -0.15) is 15.4 Å². The third kappa shape index (κ3) is 1.88. The van der Waals surface area contributed by atoms with Crippen LogP contribution in [0.2, 0.25) is 0 Å². The lowest BCUT2D eigenvalue weighted by Crippen LogP contribution is -1.78. The smallest absolute Gasteiger partial charge is 0.105 e. The van der Waals surface area contributed by atoms with E-state index in [1.54, 1.807) is 6.20 Å². The Kier molecular flexibility index (Phi) is 2.40. The summed E-state index contributed by atoms with van der Waals surface area (Å²) in [6.07, 6.45) is 5.66. The minimum absolute atomic E-state index is 0.841. The molecule has 0 aliphatic carbocycles. The molecule has 2 rings (SSSR count). The van der Waals surface area contributed by atoms with E-state index in [4.69, 9.17) is 0 Å². The molecule has 1 aromatic carbocycles. The third-order valence-corrected chi connectivity index (χ3v) is 2.06. The Bertz CT molecular complexity index is 430. The quantitative estimate of drug-likeness (QED) is 0.779. The van der Waals surface area contributed by atoms with Gasteiger partial charge in [-0.3, -0.25) is 0 Å². The maximum Gasteiger partial charge on any atom is 0.105 e. The first-order valence-corrected chi connectivity index (χ1v) is 4.46. The van der Waals surface area contributed by atoms with Crippen LogP contribution in [-0.2, 0) is 0 Å². The molecule has 0 radical (unpaired) electrons. The molecule has 0 unspecified atom stereocenters. The van der Waals surface area contributed by atoms with Crippen LogP contribution in [0.5, 0.6) is 0 Å². The Balaban J connectivity index is 2.23. The molecule has 14 heavy (non-hydrogen) atoms. The van der Waals surface area contributed by atoms with Crippen molar-refractivity contribution in [3.8, 4) is 0 Å². The van der Waals surface area contributed by atoms with Crippen molar-refractivity contribution in [2.45, 2.75) is 6.92 Å². The summed E-state index contributed by atoms with van der Waals surface area (Å²) < 4.78 is 0. The maximum absolute atomic E-state index is 3.94. The van der Waals surface area contributed by atoms with Gasteiger partial charge in [-0.05, 0) is 24.1 Å². The molecule has 0 saturated carbocycles. The van der Waals surface area contributed by atoms with Gasteiger partial charge in [0.05, 0.1) is 6.20 Å². The summed E-state index contributed by atoms with van der Waals surface area (Å²) in [5.74, 6) is 0. The molecule has 3 heteroatoms. The number of rotatable bonds is 2. The molecule has 0 bridgehead atoms. The first kappa shape index (κ1) is 8.69. The average Bonchev–Trinajstić information content (AvgIpc) is 2.69. The van der Waals surface area contributed by atoms with Gasteiger partial charge in [0.25, 0.3) is 0 Å². The SMILES string of the molecule is Cc1ccccc1C=Cc1cn[nH]n1. The molecule has 0 aliphatic rings. The fraction of sp³-hybridized carbons (Fsp3) is 0.0909. The van der Waals surface area contributed by atoms with Crippen LogP contribution in [0.4, 0.5) is 0 Å². The van der Waals surface area contributed by atoms with E-state index in [0.717, 1.165) is 5.69 Å². The van der Waals surface area contributed by atoms with Gasteiger partial charge in [0.15, 0.2) is 0 Å². The second-order valence-electron chi connectivity index (χ2n) is 3.08. The van der Waals surface area contributed by atoms with Crippen molar-refractivity contribution in [3.05, 3.63) is 47.3 Å². The Hall–Kier alpha value is -1.90. The van der Waals surface area contributed by atoms with E-state index in [1.165, 1.54) is 11.1 Å². The van der Waals surface area contributed by atoms with E-state index >= 15 is 0 Å². The number of benzene rings is 1. The zero-order chi connectivity index (χ0) is 9.80. The van der Waals surface area contributed by atoms with Crippen LogP contribution in [-0.4, -0.2) is 15.4 Å². The molecular weight excluding hydrogens is 174 g/mol. The molecule has 0 aliphatic heterocycles. The van der Waals surface area contributed by atoms with Crippen LogP contribution >= 0.6 is 0 Å². The number of aromatic amines is 1. The van der Waals surface area contributed by atoms with Crippen LogP contribution in [0, 0.1) is 6.92 Å². The van der Waals surface area contributed by atoms with E-state index in [2.05, 4.69) is 34.5 Å².